The Morgan fingerprint density at radius 1 is 1.18 bits per heavy atom. The summed E-state index contributed by atoms with van der Waals surface area (Å²) in [7, 11) is 0. The minimum absolute atomic E-state index is 0.174. The van der Waals surface area contributed by atoms with E-state index in [0.29, 0.717) is 17.3 Å². The number of alkyl halides is 2. The summed E-state index contributed by atoms with van der Waals surface area (Å²) in [5.41, 5.74) is 3.14. The van der Waals surface area contributed by atoms with Gasteiger partial charge in [0.2, 0.25) is 6.79 Å². The van der Waals surface area contributed by atoms with E-state index in [2.05, 4.69) is 22.7 Å². The number of ether oxygens (including phenoxy) is 2. The van der Waals surface area contributed by atoms with Gasteiger partial charge in [-0.1, -0.05) is 37.3 Å². The third-order valence-corrected chi connectivity index (χ3v) is 6.11. The van der Waals surface area contributed by atoms with Crippen LogP contribution in [0.25, 0.3) is 0 Å². The fourth-order valence-electron chi connectivity index (χ4n) is 4.23. The van der Waals surface area contributed by atoms with Crippen molar-refractivity contribution in [3.05, 3.63) is 70.9 Å². The van der Waals surface area contributed by atoms with Gasteiger partial charge in [0.15, 0.2) is 11.5 Å². The van der Waals surface area contributed by atoms with Crippen molar-refractivity contribution in [2.24, 2.45) is 0 Å². The van der Waals surface area contributed by atoms with Gasteiger partial charge >= 0.3 is 0 Å². The Morgan fingerprint density at radius 3 is 2.70 bits per heavy atom. The van der Waals surface area contributed by atoms with Crippen molar-refractivity contribution in [2.75, 3.05) is 12.1 Å². The Kier molecular flexibility index (Phi) is 5.62. The summed E-state index contributed by atoms with van der Waals surface area (Å²) in [5.74, 6) is 1.20. The maximum Gasteiger partial charge on any atom is 0.260 e. The van der Waals surface area contributed by atoms with Crippen molar-refractivity contribution in [3.63, 3.8) is 0 Å². The van der Waals surface area contributed by atoms with Gasteiger partial charge in [-0.3, -0.25) is 4.79 Å². The molecule has 5 rings (SSSR count). The first-order valence-corrected chi connectivity index (χ1v) is 10.9. The van der Waals surface area contributed by atoms with Crippen LogP contribution in [0.5, 0.6) is 11.5 Å². The molecule has 2 atom stereocenters. The van der Waals surface area contributed by atoms with Crippen LogP contribution < -0.4 is 20.1 Å². The zero-order valence-corrected chi connectivity index (χ0v) is 18.1. The first kappa shape index (κ1) is 21.2. The molecule has 0 fully saturated rings. The molecule has 2 aliphatic heterocycles. The molecule has 3 aromatic rings. The van der Waals surface area contributed by atoms with Gasteiger partial charge in [-0.05, 0) is 41.7 Å². The normalized spacial score (nSPS) is 18.7. The Morgan fingerprint density at radius 2 is 1.94 bits per heavy atom. The molecule has 0 spiro atoms. The summed E-state index contributed by atoms with van der Waals surface area (Å²) in [6.07, 6.45) is -0.184. The number of hydrogen-bond acceptors (Lipinski definition) is 5. The van der Waals surface area contributed by atoms with E-state index in [9.17, 15) is 13.6 Å². The number of hydrogen-bond donors (Lipinski definition) is 2. The molecule has 2 N–H and O–H groups in total. The van der Waals surface area contributed by atoms with Crippen LogP contribution in [-0.2, 0) is 13.0 Å². The van der Waals surface area contributed by atoms with Crippen molar-refractivity contribution < 1.29 is 23.0 Å². The van der Waals surface area contributed by atoms with Crippen molar-refractivity contribution in [1.29, 1.82) is 0 Å². The lowest BCUT2D eigenvalue weighted by atomic mass is 9.96. The predicted octanol–water partition coefficient (Wildman–Crippen LogP) is 4.47. The second-order valence-electron chi connectivity index (χ2n) is 8.15. The maximum atomic E-state index is 13.9. The number of aromatic nitrogens is 2. The highest BCUT2D eigenvalue weighted by Crippen LogP contribution is 2.39. The van der Waals surface area contributed by atoms with Crippen LogP contribution in [0.2, 0.25) is 0 Å². The number of amides is 1. The summed E-state index contributed by atoms with van der Waals surface area (Å²) in [6, 6.07) is 11.9. The van der Waals surface area contributed by atoms with Crippen LogP contribution in [0.4, 0.5) is 14.6 Å². The molecule has 7 nitrogen and oxygen atoms in total. The number of nitrogens with zero attached hydrogens (tertiary/aromatic N) is 2. The average molecular weight is 454 g/mol. The summed E-state index contributed by atoms with van der Waals surface area (Å²) in [4.78, 5) is 12.9. The number of carbonyl (C=O) groups excluding carboxylic acids is 1. The first-order chi connectivity index (χ1) is 16.0. The molecule has 1 aromatic heterocycles. The van der Waals surface area contributed by atoms with Crippen molar-refractivity contribution >= 4 is 11.7 Å². The standard InChI is InChI=1S/C24H24F2N4O3/c1-2-14-3-6-16(7-4-14)18-10-19(22(25)26)30-23(29-18)17(12-28-30)24(31)27-11-15-5-8-20-21(9-15)33-13-32-20/h3-9,12,18-19,22,29H,2,10-11,13H2,1H3,(H,27,31)/t18-,19+/m0/s1. The quantitative estimate of drug-likeness (QED) is 0.575. The number of aryl methyl sites for hydroxylation is 1. The number of anilines is 1. The van der Waals surface area contributed by atoms with Crippen LogP contribution in [0.1, 0.15) is 52.5 Å². The largest absolute Gasteiger partial charge is 0.454 e. The summed E-state index contributed by atoms with van der Waals surface area (Å²) in [6.45, 7) is 2.49. The molecule has 0 radical (unpaired) electrons. The van der Waals surface area contributed by atoms with E-state index in [-0.39, 0.29) is 31.4 Å². The van der Waals surface area contributed by atoms with E-state index in [0.717, 1.165) is 17.5 Å². The van der Waals surface area contributed by atoms with E-state index < -0.39 is 18.4 Å². The zero-order chi connectivity index (χ0) is 22.9. The van der Waals surface area contributed by atoms with Gasteiger partial charge in [-0.2, -0.15) is 5.10 Å². The van der Waals surface area contributed by atoms with Crippen molar-refractivity contribution in [2.45, 2.75) is 44.8 Å². The smallest absolute Gasteiger partial charge is 0.260 e. The van der Waals surface area contributed by atoms with Gasteiger partial charge in [0.25, 0.3) is 12.3 Å². The number of rotatable bonds is 6. The first-order valence-electron chi connectivity index (χ1n) is 10.9. The highest BCUT2D eigenvalue weighted by atomic mass is 19.3. The molecule has 2 aromatic carbocycles. The lowest BCUT2D eigenvalue weighted by Crippen LogP contribution is -2.32. The SMILES string of the molecule is CCc1ccc([C@@H]2C[C@H](C(F)F)n3ncc(C(=O)NCc4ccc5c(c4)OCO5)c3N2)cc1. The molecular weight excluding hydrogens is 430 g/mol. The second kappa shape index (κ2) is 8.73. The Hall–Kier alpha value is -3.62. The molecule has 2 aliphatic rings. The molecule has 1 amide bonds. The number of nitrogens with one attached hydrogen (secondary N) is 2. The summed E-state index contributed by atoms with van der Waals surface area (Å²) < 4.78 is 39.7. The summed E-state index contributed by atoms with van der Waals surface area (Å²) >= 11 is 0. The van der Waals surface area contributed by atoms with E-state index >= 15 is 0 Å². The molecule has 0 unspecified atom stereocenters. The van der Waals surface area contributed by atoms with Gasteiger partial charge in [0.1, 0.15) is 17.4 Å². The lowest BCUT2D eigenvalue weighted by Gasteiger charge is -2.32. The third-order valence-electron chi connectivity index (χ3n) is 6.11. The van der Waals surface area contributed by atoms with Gasteiger partial charge in [-0.15, -0.1) is 0 Å². The highest BCUT2D eigenvalue weighted by Gasteiger charge is 2.36. The maximum absolute atomic E-state index is 13.9. The van der Waals surface area contributed by atoms with Gasteiger partial charge in [0.05, 0.1) is 12.2 Å². The molecule has 0 saturated carbocycles. The van der Waals surface area contributed by atoms with Crippen molar-refractivity contribution in [3.8, 4) is 11.5 Å². The minimum atomic E-state index is -2.60. The zero-order valence-electron chi connectivity index (χ0n) is 18.1. The molecule has 172 valence electrons. The monoisotopic (exact) mass is 454 g/mol. The third kappa shape index (κ3) is 4.10. The van der Waals surface area contributed by atoms with Crippen LogP contribution in [0, 0.1) is 0 Å². The topological polar surface area (TPSA) is 77.4 Å². The molecular formula is C24H24F2N4O3. The predicted molar refractivity (Wildman–Crippen MR) is 118 cm³/mol. The van der Waals surface area contributed by atoms with E-state index in [4.69, 9.17) is 9.47 Å². The Bertz CT molecular complexity index is 1160. The fraction of sp³-hybridized carbons (Fsp3) is 0.333. The van der Waals surface area contributed by atoms with E-state index in [1.165, 1.54) is 16.4 Å². The number of halogens is 2. The minimum Gasteiger partial charge on any atom is -0.454 e. The van der Waals surface area contributed by atoms with Crippen molar-refractivity contribution in [1.82, 2.24) is 15.1 Å². The molecule has 0 aliphatic carbocycles. The van der Waals surface area contributed by atoms with Crippen LogP contribution in [-0.4, -0.2) is 28.9 Å². The van der Waals surface area contributed by atoms with E-state index in [1.54, 1.807) is 12.1 Å². The Balaban J connectivity index is 1.36. The molecule has 0 saturated heterocycles. The van der Waals surface area contributed by atoms with Gasteiger partial charge < -0.3 is 20.1 Å². The molecule has 0 bridgehead atoms. The van der Waals surface area contributed by atoms with Gasteiger partial charge in [0, 0.05) is 6.54 Å². The van der Waals surface area contributed by atoms with E-state index in [1.807, 2.05) is 30.3 Å². The lowest BCUT2D eigenvalue weighted by molar-refractivity contribution is 0.0656. The van der Waals surface area contributed by atoms with Crippen LogP contribution >= 0.6 is 0 Å². The number of carbonyl (C=O) groups is 1. The molecule has 3 heterocycles. The number of fused-ring (bicyclic) bond motifs is 2. The Labute approximate surface area is 189 Å². The van der Waals surface area contributed by atoms with Crippen LogP contribution in [0.3, 0.4) is 0 Å². The second-order valence-corrected chi connectivity index (χ2v) is 8.15. The average Bonchev–Trinajstić information content (AvgIpc) is 3.48. The number of benzene rings is 2. The van der Waals surface area contributed by atoms with Gasteiger partial charge in [-0.25, -0.2) is 13.5 Å². The highest BCUT2D eigenvalue weighted by molar-refractivity contribution is 5.98. The fourth-order valence-corrected chi connectivity index (χ4v) is 4.23. The van der Waals surface area contributed by atoms with Crippen LogP contribution in [0.15, 0.2) is 48.7 Å². The molecule has 9 heteroatoms. The molecule has 33 heavy (non-hydrogen) atoms. The summed E-state index contributed by atoms with van der Waals surface area (Å²) in [5, 5.41) is 10.2.